The Morgan fingerprint density at radius 2 is 2.17 bits per heavy atom. The van der Waals surface area contributed by atoms with Crippen molar-refractivity contribution in [2.45, 2.75) is 38.6 Å². The van der Waals surface area contributed by atoms with Gasteiger partial charge in [-0.1, -0.05) is 17.7 Å². The summed E-state index contributed by atoms with van der Waals surface area (Å²) < 4.78 is 14.8. The number of aromatic nitrogens is 2. The van der Waals surface area contributed by atoms with Gasteiger partial charge in [0.25, 0.3) is 5.56 Å². The number of nitrogens with zero attached hydrogens (tertiary/aromatic N) is 2. The molecule has 1 saturated heterocycles. The van der Waals surface area contributed by atoms with Gasteiger partial charge in [-0.15, -0.1) is 0 Å². The summed E-state index contributed by atoms with van der Waals surface area (Å²) in [7, 11) is 0. The van der Waals surface area contributed by atoms with E-state index >= 15 is 0 Å². The number of halogens is 2. The first-order chi connectivity index (χ1) is 16.9. The lowest BCUT2D eigenvalue weighted by molar-refractivity contribution is -0.131. The summed E-state index contributed by atoms with van der Waals surface area (Å²) in [4.78, 5) is 34.8. The van der Waals surface area contributed by atoms with Crippen LogP contribution in [0.25, 0.3) is 10.9 Å². The van der Waals surface area contributed by atoms with Gasteiger partial charge in [-0.05, 0) is 80.6 Å². The molecule has 184 valence electrons. The Morgan fingerprint density at radius 3 is 2.97 bits per heavy atom. The Labute approximate surface area is 208 Å². The lowest BCUT2D eigenvalue weighted by Gasteiger charge is -2.35. The van der Waals surface area contributed by atoms with Crippen LogP contribution in [0, 0.1) is 11.7 Å². The van der Waals surface area contributed by atoms with Gasteiger partial charge in [-0.2, -0.15) is 0 Å². The van der Waals surface area contributed by atoms with Gasteiger partial charge in [0.1, 0.15) is 11.6 Å². The number of anilines is 1. The van der Waals surface area contributed by atoms with Gasteiger partial charge in [-0.25, -0.2) is 9.37 Å². The molecule has 0 radical (unpaired) electrons. The molecule has 5 rings (SSSR count). The highest BCUT2D eigenvalue weighted by Crippen LogP contribution is 2.31. The third kappa shape index (κ3) is 5.04. The standard InChI is InChI=1S/C26H29ClFN5O2/c1-15-19-5-4-18(27)10-17(19)6-8-33(15)25(34)14-30-23-12-22-20(11-21(23)28)26(35)32-24(31-22)9-16-3-2-7-29-13-16/h4-5,10-12,15-16,29-30H,2-3,6-9,13-14H2,1H3,(H,31,32,35)/t15-,16+/m0/s1. The first-order valence-corrected chi connectivity index (χ1v) is 12.5. The van der Waals surface area contributed by atoms with E-state index in [0.29, 0.717) is 35.2 Å². The monoisotopic (exact) mass is 497 g/mol. The average Bonchev–Trinajstić information content (AvgIpc) is 2.84. The van der Waals surface area contributed by atoms with Crippen LogP contribution in [0.3, 0.4) is 0 Å². The van der Waals surface area contributed by atoms with Crippen LogP contribution in [0.1, 0.15) is 42.8 Å². The fraction of sp³-hybridized carbons (Fsp3) is 0.423. The molecule has 1 aromatic heterocycles. The molecule has 0 bridgehead atoms. The number of piperidine rings is 1. The first kappa shape index (κ1) is 23.8. The molecule has 2 aliphatic heterocycles. The number of carbonyl (C=O) groups is 1. The smallest absolute Gasteiger partial charge is 0.258 e. The fourth-order valence-corrected chi connectivity index (χ4v) is 5.42. The normalized spacial score (nSPS) is 20.0. The third-order valence-corrected chi connectivity index (χ3v) is 7.35. The number of hydrogen-bond donors (Lipinski definition) is 3. The maximum absolute atomic E-state index is 14.8. The molecule has 3 N–H and O–H groups in total. The molecule has 35 heavy (non-hydrogen) atoms. The predicted octanol–water partition coefficient (Wildman–Crippen LogP) is 3.82. The van der Waals surface area contributed by atoms with Gasteiger partial charge in [0, 0.05) is 18.0 Å². The van der Waals surface area contributed by atoms with Crippen molar-refractivity contribution in [2.24, 2.45) is 5.92 Å². The molecule has 2 aromatic carbocycles. The van der Waals surface area contributed by atoms with Crippen molar-refractivity contribution < 1.29 is 9.18 Å². The maximum Gasteiger partial charge on any atom is 0.258 e. The summed E-state index contributed by atoms with van der Waals surface area (Å²) in [6.45, 7) is 4.42. The van der Waals surface area contributed by atoms with Crippen LogP contribution in [0.4, 0.5) is 10.1 Å². The number of amides is 1. The van der Waals surface area contributed by atoms with E-state index in [2.05, 4.69) is 20.6 Å². The number of hydrogen-bond acceptors (Lipinski definition) is 5. The van der Waals surface area contributed by atoms with Gasteiger partial charge in [0.15, 0.2) is 0 Å². The highest BCUT2D eigenvalue weighted by molar-refractivity contribution is 6.30. The van der Waals surface area contributed by atoms with Gasteiger partial charge in [0.05, 0.1) is 29.2 Å². The minimum atomic E-state index is -0.589. The number of H-pyrrole nitrogens is 1. The number of benzene rings is 2. The van der Waals surface area contributed by atoms with Crippen molar-refractivity contribution in [3.05, 3.63) is 68.5 Å². The molecule has 0 aliphatic carbocycles. The van der Waals surface area contributed by atoms with E-state index < -0.39 is 5.82 Å². The zero-order valence-electron chi connectivity index (χ0n) is 19.7. The summed E-state index contributed by atoms with van der Waals surface area (Å²) in [5, 5.41) is 7.18. The molecule has 0 saturated carbocycles. The Balaban J connectivity index is 1.31. The molecule has 0 spiro atoms. The quantitative estimate of drug-likeness (QED) is 0.498. The van der Waals surface area contributed by atoms with E-state index in [9.17, 15) is 14.0 Å². The zero-order valence-corrected chi connectivity index (χ0v) is 20.4. The molecule has 1 fully saturated rings. The van der Waals surface area contributed by atoms with Gasteiger partial charge >= 0.3 is 0 Å². The van der Waals surface area contributed by atoms with E-state index in [-0.39, 0.29) is 35.1 Å². The van der Waals surface area contributed by atoms with Crippen LogP contribution in [0.15, 0.2) is 35.1 Å². The highest BCUT2D eigenvalue weighted by Gasteiger charge is 2.27. The summed E-state index contributed by atoms with van der Waals surface area (Å²) in [6.07, 6.45) is 3.57. The Hall–Kier alpha value is -2.97. The van der Waals surface area contributed by atoms with E-state index in [1.165, 1.54) is 12.1 Å². The minimum Gasteiger partial charge on any atom is -0.374 e. The molecule has 3 aromatic rings. The largest absolute Gasteiger partial charge is 0.374 e. The molecule has 7 nitrogen and oxygen atoms in total. The SMILES string of the molecule is C[C@H]1c2ccc(Cl)cc2CCN1C(=O)CNc1cc2nc(C[C@H]3CCCNC3)[nH]c(=O)c2cc1F. The number of nitrogens with one attached hydrogen (secondary N) is 3. The van der Waals surface area contributed by atoms with E-state index in [4.69, 9.17) is 11.6 Å². The van der Waals surface area contributed by atoms with E-state index in [1.54, 1.807) is 4.90 Å². The van der Waals surface area contributed by atoms with Crippen molar-refractivity contribution in [3.63, 3.8) is 0 Å². The Bertz CT molecular complexity index is 1320. The van der Waals surface area contributed by atoms with Crippen LogP contribution in [0.5, 0.6) is 0 Å². The number of fused-ring (bicyclic) bond motifs is 2. The summed E-state index contributed by atoms with van der Waals surface area (Å²) in [5.41, 5.74) is 2.46. The van der Waals surface area contributed by atoms with Crippen molar-refractivity contribution in [3.8, 4) is 0 Å². The van der Waals surface area contributed by atoms with Crippen molar-refractivity contribution >= 4 is 34.1 Å². The Kier molecular flexibility index (Phi) is 6.75. The predicted molar refractivity (Wildman–Crippen MR) is 135 cm³/mol. The number of rotatable bonds is 5. The average molecular weight is 498 g/mol. The first-order valence-electron chi connectivity index (χ1n) is 12.1. The van der Waals surface area contributed by atoms with Gasteiger partial charge < -0.3 is 20.5 Å². The lowest BCUT2D eigenvalue weighted by Crippen LogP contribution is -2.41. The molecule has 0 unspecified atom stereocenters. The summed E-state index contributed by atoms with van der Waals surface area (Å²) >= 11 is 6.11. The van der Waals surface area contributed by atoms with Crippen molar-refractivity contribution in [1.29, 1.82) is 0 Å². The Morgan fingerprint density at radius 1 is 1.31 bits per heavy atom. The maximum atomic E-state index is 14.8. The zero-order chi connectivity index (χ0) is 24.5. The number of carbonyl (C=O) groups excluding carboxylic acids is 1. The third-order valence-electron chi connectivity index (χ3n) is 7.12. The summed E-state index contributed by atoms with van der Waals surface area (Å²) in [6, 6.07) is 8.36. The molecular weight excluding hydrogens is 469 g/mol. The van der Waals surface area contributed by atoms with Crippen LogP contribution < -0.4 is 16.2 Å². The fourth-order valence-electron chi connectivity index (χ4n) is 5.23. The second-order valence-electron chi connectivity index (χ2n) is 9.49. The molecule has 1 amide bonds. The molecule has 3 heterocycles. The van der Waals surface area contributed by atoms with Crippen LogP contribution in [-0.2, 0) is 17.6 Å². The lowest BCUT2D eigenvalue weighted by atomic mass is 9.93. The topological polar surface area (TPSA) is 90.1 Å². The summed E-state index contributed by atoms with van der Waals surface area (Å²) in [5.74, 6) is 0.300. The molecule has 9 heteroatoms. The van der Waals surface area contributed by atoms with Gasteiger partial charge in [0.2, 0.25) is 5.91 Å². The van der Waals surface area contributed by atoms with Crippen molar-refractivity contribution in [2.75, 3.05) is 31.5 Å². The second kappa shape index (κ2) is 9.95. The van der Waals surface area contributed by atoms with Crippen LogP contribution in [-0.4, -0.2) is 47.0 Å². The van der Waals surface area contributed by atoms with E-state index in [0.717, 1.165) is 43.5 Å². The molecular formula is C26H29ClFN5O2. The van der Waals surface area contributed by atoms with Crippen LogP contribution >= 0.6 is 11.6 Å². The van der Waals surface area contributed by atoms with Gasteiger partial charge in [-0.3, -0.25) is 9.59 Å². The molecule has 2 atom stereocenters. The van der Waals surface area contributed by atoms with Crippen molar-refractivity contribution in [1.82, 2.24) is 20.2 Å². The van der Waals surface area contributed by atoms with Crippen LogP contribution in [0.2, 0.25) is 5.02 Å². The second-order valence-corrected chi connectivity index (χ2v) is 9.92. The number of aromatic amines is 1. The highest BCUT2D eigenvalue weighted by atomic mass is 35.5. The molecule has 2 aliphatic rings. The van der Waals surface area contributed by atoms with E-state index in [1.807, 2.05) is 25.1 Å². The minimum absolute atomic E-state index is 0.0561.